The van der Waals surface area contributed by atoms with Gasteiger partial charge in [0.05, 0.1) is 11.4 Å². The number of imidazole rings is 1. The molecule has 1 fully saturated rings. The smallest absolute Gasteiger partial charge is 0.194 e. The van der Waals surface area contributed by atoms with Gasteiger partial charge in [-0.1, -0.05) is 0 Å². The summed E-state index contributed by atoms with van der Waals surface area (Å²) in [4.78, 5) is 9.48. The number of aromatic nitrogens is 2. The standard InChI is InChI=1S/C14H22N4S/c1-10-8-18-13(11(2)16-14(18)19-10)7-15-6-12-4-5-17(3)9-12/h8,12,15H,4-7,9H2,1-3H3. The van der Waals surface area contributed by atoms with E-state index in [0.717, 1.165) is 29.7 Å². The lowest BCUT2D eigenvalue weighted by Gasteiger charge is -2.11. The normalized spacial score (nSPS) is 20.7. The molecule has 5 heteroatoms. The average molecular weight is 278 g/mol. The monoisotopic (exact) mass is 278 g/mol. The highest BCUT2D eigenvalue weighted by atomic mass is 32.1. The largest absolute Gasteiger partial charge is 0.311 e. The second kappa shape index (κ2) is 5.23. The van der Waals surface area contributed by atoms with Crippen LogP contribution in [0.1, 0.15) is 22.7 Å². The second-order valence-electron chi connectivity index (χ2n) is 5.69. The van der Waals surface area contributed by atoms with Crippen LogP contribution in [0.5, 0.6) is 0 Å². The first-order chi connectivity index (χ1) is 9.13. The van der Waals surface area contributed by atoms with E-state index in [-0.39, 0.29) is 0 Å². The molecule has 0 aliphatic carbocycles. The van der Waals surface area contributed by atoms with Crippen molar-refractivity contribution in [3.8, 4) is 0 Å². The molecule has 3 rings (SSSR count). The topological polar surface area (TPSA) is 32.6 Å². The highest BCUT2D eigenvalue weighted by molar-refractivity contribution is 7.17. The van der Waals surface area contributed by atoms with Crippen molar-refractivity contribution in [1.29, 1.82) is 0 Å². The van der Waals surface area contributed by atoms with Crippen molar-refractivity contribution in [2.45, 2.75) is 26.8 Å². The minimum atomic E-state index is 0.804. The number of nitrogens with zero attached hydrogens (tertiary/aromatic N) is 3. The van der Waals surface area contributed by atoms with Gasteiger partial charge in [0.1, 0.15) is 0 Å². The number of aryl methyl sites for hydroxylation is 2. The van der Waals surface area contributed by atoms with Crippen molar-refractivity contribution in [2.24, 2.45) is 5.92 Å². The van der Waals surface area contributed by atoms with Crippen molar-refractivity contribution in [3.63, 3.8) is 0 Å². The Balaban J connectivity index is 1.63. The predicted octanol–water partition coefficient (Wildman–Crippen LogP) is 2.05. The zero-order chi connectivity index (χ0) is 13.4. The molecular weight excluding hydrogens is 256 g/mol. The first kappa shape index (κ1) is 13.1. The summed E-state index contributed by atoms with van der Waals surface area (Å²) in [5.74, 6) is 0.804. The minimum Gasteiger partial charge on any atom is -0.311 e. The fraction of sp³-hybridized carbons (Fsp3) is 0.643. The predicted molar refractivity (Wildman–Crippen MR) is 79.9 cm³/mol. The van der Waals surface area contributed by atoms with Gasteiger partial charge in [-0.2, -0.15) is 0 Å². The van der Waals surface area contributed by atoms with E-state index < -0.39 is 0 Å². The zero-order valence-corrected chi connectivity index (χ0v) is 12.8. The fourth-order valence-corrected chi connectivity index (χ4v) is 3.80. The molecule has 1 unspecified atom stereocenters. The molecule has 19 heavy (non-hydrogen) atoms. The van der Waals surface area contributed by atoms with Crippen molar-refractivity contribution in [2.75, 3.05) is 26.7 Å². The van der Waals surface area contributed by atoms with Gasteiger partial charge < -0.3 is 10.2 Å². The number of likely N-dealkylation sites (tertiary alicyclic amines) is 1. The molecule has 1 aliphatic heterocycles. The fourth-order valence-electron chi connectivity index (χ4n) is 2.91. The number of hydrogen-bond acceptors (Lipinski definition) is 4. The summed E-state index contributed by atoms with van der Waals surface area (Å²) >= 11 is 1.76. The van der Waals surface area contributed by atoms with Gasteiger partial charge in [-0.3, -0.25) is 4.40 Å². The summed E-state index contributed by atoms with van der Waals surface area (Å²) in [6, 6.07) is 0. The van der Waals surface area contributed by atoms with Gasteiger partial charge in [0.25, 0.3) is 0 Å². The van der Waals surface area contributed by atoms with E-state index in [1.165, 1.54) is 30.1 Å². The molecule has 3 heterocycles. The summed E-state index contributed by atoms with van der Waals surface area (Å²) in [5, 5.41) is 3.61. The molecule has 104 valence electrons. The van der Waals surface area contributed by atoms with E-state index in [2.05, 4.69) is 46.7 Å². The van der Waals surface area contributed by atoms with Crippen LogP contribution in [0, 0.1) is 19.8 Å². The highest BCUT2D eigenvalue weighted by Gasteiger charge is 2.19. The molecule has 1 aliphatic rings. The number of rotatable bonds is 4. The maximum absolute atomic E-state index is 4.63. The lowest BCUT2D eigenvalue weighted by molar-refractivity contribution is 0.388. The van der Waals surface area contributed by atoms with E-state index in [1.807, 2.05) is 0 Å². The molecule has 2 aromatic heterocycles. The van der Waals surface area contributed by atoms with Crippen LogP contribution in [0.3, 0.4) is 0 Å². The van der Waals surface area contributed by atoms with Crippen molar-refractivity contribution < 1.29 is 0 Å². The molecule has 0 radical (unpaired) electrons. The first-order valence-electron chi connectivity index (χ1n) is 6.96. The molecule has 4 nitrogen and oxygen atoms in total. The van der Waals surface area contributed by atoms with Crippen LogP contribution in [0.15, 0.2) is 6.20 Å². The van der Waals surface area contributed by atoms with E-state index in [4.69, 9.17) is 0 Å². The molecule has 0 aromatic carbocycles. The Morgan fingerprint density at radius 2 is 2.32 bits per heavy atom. The third-order valence-electron chi connectivity index (χ3n) is 3.96. The molecule has 2 aromatic rings. The molecular formula is C14H22N4S. The Bertz CT molecular complexity index is 571. The number of nitrogens with one attached hydrogen (secondary N) is 1. The molecule has 1 saturated heterocycles. The molecule has 1 N–H and O–H groups in total. The van der Waals surface area contributed by atoms with E-state index in [0.29, 0.717) is 0 Å². The summed E-state index contributed by atoms with van der Waals surface area (Å²) in [7, 11) is 2.21. The maximum Gasteiger partial charge on any atom is 0.194 e. The average Bonchev–Trinajstić information content (AvgIpc) is 2.97. The zero-order valence-electron chi connectivity index (χ0n) is 11.9. The lowest BCUT2D eigenvalue weighted by atomic mass is 10.1. The van der Waals surface area contributed by atoms with Gasteiger partial charge >= 0.3 is 0 Å². The third-order valence-corrected chi connectivity index (χ3v) is 4.85. The number of fused-ring (bicyclic) bond motifs is 1. The Kier molecular flexibility index (Phi) is 3.60. The number of hydrogen-bond donors (Lipinski definition) is 1. The van der Waals surface area contributed by atoms with E-state index >= 15 is 0 Å². The Morgan fingerprint density at radius 1 is 1.47 bits per heavy atom. The van der Waals surface area contributed by atoms with Gasteiger partial charge in [-0.15, -0.1) is 11.3 Å². The molecule has 0 bridgehead atoms. The van der Waals surface area contributed by atoms with Crippen molar-refractivity contribution >= 4 is 16.3 Å². The van der Waals surface area contributed by atoms with Crippen molar-refractivity contribution in [1.82, 2.24) is 19.6 Å². The van der Waals surface area contributed by atoms with E-state index in [1.54, 1.807) is 11.3 Å². The van der Waals surface area contributed by atoms with Crippen LogP contribution in [-0.2, 0) is 6.54 Å². The molecule has 0 spiro atoms. The third kappa shape index (κ3) is 2.68. The second-order valence-corrected chi connectivity index (χ2v) is 6.90. The van der Waals surface area contributed by atoms with Gasteiger partial charge in [0.15, 0.2) is 4.96 Å². The Hall–Kier alpha value is -0.910. The highest BCUT2D eigenvalue weighted by Crippen LogP contribution is 2.20. The summed E-state index contributed by atoms with van der Waals surface area (Å²) in [5.41, 5.74) is 2.47. The quantitative estimate of drug-likeness (QED) is 0.929. The van der Waals surface area contributed by atoms with Gasteiger partial charge in [-0.25, -0.2) is 4.98 Å². The van der Waals surface area contributed by atoms with E-state index in [9.17, 15) is 0 Å². The summed E-state index contributed by atoms with van der Waals surface area (Å²) < 4.78 is 2.24. The maximum atomic E-state index is 4.63. The molecule has 1 atom stereocenters. The Morgan fingerprint density at radius 3 is 3.05 bits per heavy atom. The molecule has 0 saturated carbocycles. The SMILES string of the molecule is Cc1cn2c(CNCC3CCN(C)C3)c(C)nc2s1. The lowest BCUT2D eigenvalue weighted by Crippen LogP contribution is -2.25. The van der Waals surface area contributed by atoms with Crippen LogP contribution in [0.4, 0.5) is 0 Å². The summed E-state index contributed by atoms with van der Waals surface area (Å²) in [6.45, 7) is 8.75. The summed E-state index contributed by atoms with van der Waals surface area (Å²) in [6.07, 6.45) is 3.52. The van der Waals surface area contributed by atoms with Crippen LogP contribution in [0.2, 0.25) is 0 Å². The van der Waals surface area contributed by atoms with Gasteiger partial charge in [0, 0.05) is 24.2 Å². The van der Waals surface area contributed by atoms with Crippen LogP contribution in [-0.4, -0.2) is 41.0 Å². The van der Waals surface area contributed by atoms with Crippen LogP contribution >= 0.6 is 11.3 Å². The minimum absolute atomic E-state index is 0.804. The van der Waals surface area contributed by atoms with Crippen LogP contribution in [0.25, 0.3) is 4.96 Å². The first-order valence-corrected chi connectivity index (χ1v) is 7.78. The van der Waals surface area contributed by atoms with Crippen LogP contribution < -0.4 is 5.32 Å². The van der Waals surface area contributed by atoms with Gasteiger partial charge in [-0.05, 0) is 46.3 Å². The molecule has 0 amide bonds. The number of thiazole rings is 1. The van der Waals surface area contributed by atoms with Gasteiger partial charge in [0.2, 0.25) is 0 Å². The Labute approximate surface area is 118 Å². The van der Waals surface area contributed by atoms with Crippen molar-refractivity contribution in [3.05, 3.63) is 22.5 Å².